The van der Waals surface area contributed by atoms with Gasteiger partial charge in [-0.2, -0.15) is 0 Å². The molecule has 0 spiro atoms. The van der Waals surface area contributed by atoms with Gasteiger partial charge in [0.25, 0.3) is 0 Å². The number of hydrogen-bond acceptors (Lipinski definition) is 0. The van der Waals surface area contributed by atoms with Gasteiger partial charge in [0.2, 0.25) is 0 Å². The summed E-state index contributed by atoms with van der Waals surface area (Å²) in [5.41, 5.74) is 3.77. The first-order valence-corrected chi connectivity index (χ1v) is 5.37. The van der Waals surface area contributed by atoms with Crippen molar-refractivity contribution in [2.75, 3.05) is 0 Å². The van der Waals surface area contributed by atoms with Crippen molar-refractivity contribution in [3.63, 3.8) is 0 Å². The van der Waals surface area contributed by atoms with E-state index >= 15 is 0 Å². The van der Waals surface area contributed by atoms with Crippen LogP contribution in [0, 0.1) is 13.8 Å². The molecular formula is C12H12BrN. The van der Waals surface area contributed by atoms with E-state index in [1.54, 1.807) is 0 Å². The summed E-state index contributed by atoms with van der Waals surface area (Å²) in [6, 6.07) is 10.5. The van der Waals surface area contributed by atoms with E-state index in [4.69, 9.17) is 0 Å². The molecule has 1 heterocycles. The molecule has 0 aliphatic heterocycles. The maximum absolute atomic E-state index is 3.43. The fourth-order valence-electron chi connectivity index (χ4n) is 1.62. The first-order chi connectivity index (χ1) is 6.66. The van der Waals surface area contributed by atoms with E-state index in [0.29, 0.717) is 0 Å². The van der Waals surface area contributed by atoms with Gasteiger partial charge in [0.05, 0.1) is 0 Å². The molecule has 0 saturated heterocycles. The monoisotopic (exact) mass is 249 g/mol. The molecule has 14 heavy (non-hydrogen) atoms. The molecule has 0 amide bonds. The Morgan fingerprint density at radius 2 is 1.71 bits per heavy atom. The maximum Gasteiger partial charge on any atom is 0.0453 e. The lowest BCUT2D eigenvalue weighted by Crippen LogP contribution is -1.93. The molecule has 1 aromatic heterocycles. The highest BCUT2D eigenvalue weighted by atomic mass is 79.9. The molecule has 0 saturated carbocycles. The Labute approximate surface area is 92.5 Å². The zero-order valence-electron chi connectivity index (χ0n) is 8.29. The van der Waals surface area contributed by atoms with E-state index in [1.807, 2.05) is 0 Å². The topological polar surface area (TPSA) is 4.93 Å². The van der Waals surface area contributed by atoms with Crippen LogP contribution < -0.4 is 0 Å². The van der Waals surface area contributed by atoms with Crippen LogP contribution in [-0.4, -0.2) is 4.57 Å². The van der Waals surface area contributed by atoms with Crippen molar-refractivity contribution >= 4 is 15.9 Å². The highest BCUT2D eigenvalue weighted by Crippen LogP contribution is 2.17. The molecule has 72 valence electrons. The normalized spacial score (nSPS) is 10.5. The molecule has 0 unspecified atom stereocenters. The van der Waals surface area contributed by atoms with Crippen LogP contribution in [0.15, 0.2) is 41.0 Å². The highest BCUT2D eigenvalue weighted by Gasteiger charge is 2.00. The lowest BCUT2D eigenvalue weighted by atomic mass is 10.3. The molecular weight excluding hydrogens is 238 g/mol. The van der Waals surface area contributed by atoms with Crippen molar-refractivity contribution < 1.29 is 0 Å². The number of hydrogen-bond donors (Lipinski definition) is 0. The van der Waals surface area contributed by atoms with Crippen LogP contribution in [0.1, 0.15) is 11.3 Å². The van der Waals surface area contributed by atoms with Crippen LogP contribution in [0.4, 0.5) is 0 Å². The number of aryl methyl sites for hydroxylation is 2. The summed E-state index contributed by atoms with van der Waals surface area (Å²) >= 11 is 3.43. The Bertz CT molecular complexity index is 440. The van der Waals surface area contributed by atoms with Crippen LogP contribution in [-0.2, 0) is 0 Å². The predicted octanol–water partition coefficient (Wildman–Crippen LogP) is 3.86. The van der Waals surface area contributed by atoms with Gasteiger partial charge in [-0.15, -0.1) is 0 Å². The molecule has 2 heteroatoms. The average molecular weight is 250 g/mol. The molecule has 0 N–H and O–H groups in total. The predicted molar refractivity (Wildman–Crippen MR) is 62.9 cm³/mol. The second-order valence-electron chi connectivity index (χ2n) is 3.51. The van der Waals surface area contributed by atoms with Crippen molar-refractivity contribution in [2.45, 2.75) is 13.8 Å². The third-order valence-corrected chi connectivity index (χ3v) is 2.78. The molecule has 1 aromatic carbocycles. The molecule has 2 rings (SSSR count). The molecule has 0 aliphatic rings. The molecule has 0 atom stereocenters. The minimum atomic E-state index is 1.11. The molecule has 0 radical (unpaired) electrons. The summed E-state index contributed by atoms with van der Waals surface area (Å²) < 4.78 is 3.31. The molecule has 0 fully saturated rings. The Kier molecular flexibility index (Phi) is 2.46. The lowest BCUT2D eigenvalue weighted by Gasteiger charge is -2.05. The van der Waals surface area contributed by atoms with Crippen LogP contribution in [0.25, 0.3) is 5.69 Å². The summed E-state index contributed by atoms with van der Waals surface area (Å²) in [7, 11) is 0. The largest absolute Gasteiger partial charge is 0.321 e. The van der Waals surface area contributed by atoms with E-state index in [9.17, 15) is 0 Å². The van der Waals surface area contributed by atoms with Gasteiger partial charge in [0.1, 0.15) is 0 Å². The van der Waals surface area contributed by atoms with Crippen molar-refractivity contribution in [3.05, 3.63) is 52.3 Å². The Morgan fingerprint density at radius 1 is 1.07 bits per heavy atom. The third-order valence-electron chi connectivity index (χ3n) is 2.25. The Hall–Kier alpha value is -1.02. The van der Waals surface area contributed by atoms with Gasteiger partial charge in [0, 0.05) is 22.1 Å². The molecule has 1 nitrogen and oxygen atoms in total. The van der Waals surface area contributed by atoms with Crippen LogP contribution in [0.5, 0.6) is 0 Å². The maximum atomic E-state index is 3.43. The number of rotatable bonds is 1. The summed E-state index contributed by atoms with van der Waals surface area (Å²) in [5, 5.41) is 0. The lowest BCUT2D eigenvalue weighted by molar-refractivity contribution is 1.01. The van der Waals surface area contributed by atoms with Crippen molar-refractivity contribution in [2.24, 2.45) is 0 Å². The number of aromatic nitrogens is 1. The highest BCUT2D eigenvalue weighted by molar-refractivity contribution is 9.10. The Morgan fingerprint density at radius 3 is 2.21 bits per heavy atom. The van der Waals surface area contributed by atoms with Gasteiger partial charge >= 0.3 is 0 Å². The average Bonchev–Trinajstić information content (AvgIpc) is 2.47. The molecule has 2 aromatic rings. The quantitative estimate of drug-likeness (QED) is 0.724. The van der Waals surface area contributed by atoms with Gasteiger partial charge in [-0.3, -0.25) is 0 Å². The van der Waals surface area contributed by atoms with Crippen LogP contribution in [0.2, 0.25) is 0 Å². The number of nitrogens with zero attached hydrogens (tertiary/aromatic N) is 1. The second kappa shape index (κ2) is 3.62. The van der Waals surface area contributed by atoms with E-state index in [0.717, 1.165) is 4.47 Å². The summed E-state index contributed by atoms with van der Waals surface area (Å²) in [6.45, 7) is 4.23. The minimum absolute atomic E-state index is 1.11. The van der Waals surface area contributed by atoms with Gasteiger partial charge in [-0.25, -0.2) is 0 Å². The standard InChI is InChI=1S/C12H12BrN/c1-9-7-10(2)14(8-9)12-5-3-11(13)4-6-12/h3-8H,1-2H3. The van der Waals surface area contributed by atoms with Gasteiger partial charge < -0.3 is 4.57 Å². The Balaban J connectivity index is 2.49. The number of halogens is 1. The fraction of sp³-hybridized carbons (Fsp3) is 0.167. The first-order valence-electron chi connectivity index (χ1n) is 4.58. The zero-order chi connectivity index (χ0) is 10.1. The van der Waals surface area contributed by atoms with Crippen molar-refractivity contribution in [3.8, 4) is 5.69 Å². The fourth-order valence-corrected chi connectivity index (χ4v) is 1.89. The second-order valence-corrected chi connectivity index (χ2v) is 4.42. The van der Waals surface area contributed by atoms with E-state index < -0.39 is 0 Å². The summed E-state index contributed by atoms with van der Waals surface area (Å²) in [6.07, 6.45) is 2.15. The number of benzene rings is 1. The zero-order valence-corrected chi connectivity index (χ0v) is 9.88. The molecule has 0 aliphatic carbocycles. The van der Waals surface area contributed by atoms with Gasteiger partial charge in [-0.1, -0.05) is 15.9 Å². The third kappa shape index (κ3) is 1.75. The van der Waals surface area contributed by atoms with Gasteiger partial charge in [-0.05, 0) is 49.7 Å². The summed E-state index contributed by atoms with van der Waals surface area (Å²) in [5.74, 6) is 0. The van der Waals surface area contributed by atoms with E-state index in [-0.39, 0.29) is 0 Å². The van der Waals surface area contributed by atoms with Crippen LogP contribution in [0.3, 0.4) is 0 Å². The van der Waals surface area contributed by atoms with Gasteiger partial charge in [0.15, 0.2) is 0 Å². The SMILES string of the molecule is Cc1cc(C)n(-c2ccc(Br)cc2)c1. The summed E-state index contributed by atoms with van der Waals surface area (Å²) in [4.78, 5) is 0. The van der Waals surface area contributed by atoms with E-state index in [2.05, 4.69) is 70.9 Å². The smallest absolute Gasteiger partial charge is 0.0453 e. The van der Waals surface area contributed by atoms with Crippen molar-refractivity contribution in [1.29, 1.82) is 0 Å². The minimum Gasteiger partial charge on any atom is -0.321 e. The first kappa shape index (κ1) is 9.53. The van der Waals surface area contributed by atoms with E-state index in [1.165, 1.54) is 16.9 Å². The molecule has 0 bridgehead atoms. The van der Waals surface area contributed by atoms with Crippen LogP contribution >= 0.6 is 15.9 Å². The van der Waals surface area contributed by atoms with Crippen molar-refractivity contribution in [1.82, 2.24) is 4.57 Å².